The van der Waals surface area contributed by atoms with Crippen molar-refractivity contribution in [2.75, 3.05) is 13.7 Å². The first kappa shape index (κ1) is 33.7. The Labute approximate surface area is 255 Å². The summed E-state index contributed by atoms with van der Waals surface area (Å²) in [4.78, 5) is 17.3. The van der Waals surface area contributed by atoms with Crippen molar-refractivity contribution in [3.63, 3.8) is 0 Å². The number of carbonyl (C=O) groups is 1. The van der Waals surface area contributed by atoms with Gasteiger partial charge in [0.2, 0.25) is 5.91 Å². The molecule has 3 rings (SSSR count). The number of benzene rings is 2. The lowest BCUT2D eigenvalue weighted by Gasteiger charge is -2.10. The molecule has 0 fully saturated rings. The molecule has 1 heterocycles. The van der Waals surface area contributed by atoms with Gasteiger partial charge in [0.15, 0.2) is 0 Å². The van der Waals surface area contributed by atoms with Gasteiger partial charge in [0.1, 0.15) is 11.6 Å². The molecule has 0 unspecified atom stereocenters. The molecule has 2 aromatic carbocycles. The molecule has 0 aliphatic heterocycles. The van der Waals surface area contributed by atoms with E-state index in [-0.39, 0.29) is 5.91 Å². The van der Waals surface area contributed by atoms with Gasteiger partial charge in [-0.25, -0.2) is 4.98 Å². The van der Waals surface area contributed by atoms with E-state index in [2.05, 4.69) is 41.1 Å². The number of amides is 1. The Kier molecular flexibility index (Phi) is 16.8. The normalized spacial score (nSPS) is 11.3. The van der Waals surface area contributed by atoms with Crippen molar-refractivity contribution in [2.24, 2.45) is 0 Å². The predicted octanol–water partition coefficient (Wildman–Crippen LogP) is 9.60. The number of hydrogen-bond acceptors (Lipinski definition) is 3. The van der Waals surface area contributed by atoms with E-state index in [0.717, 1.165) is 55.6 Å². The molecule has 0 radical (unpaired) electrons. The molecule has 0 aliphatic rings. The van der Waals surface area contributed by atoms with E-state index in [9.17, 15) is 4.79 Å². The minimum absolute atomic E-state index is 0.0788. The summed E-state index contributed by atoms with van der Waals surface area (Å²) in [6.45, 7) is 4.08. The zero-order chi connectivity index (χ0) is 29.7. The summed E-state index contributed by atoms with van der Waals surface area (Å²) in [5.41, 5.74) is 3.39. The number of unbranched alkanes of at least 4 members (excludes halogenated alkanes) is 15. The fourth-order valence-corrected chi connectivity index (χ4v) is 5.83. The van der Waals surface area contributed by atoms with E-state index in [1.54, 1.807) is 7.11 Å². The van der Waals surface area contributed by atoms with Crippen LogP contribution < -0.4 is 10.1 Å². The number of nitrogens with one attached hydrogen (secondary N) is 1. The van der Waals surface area contributed by atoms with Crippen molar-refractivity contribution in [1.29, 1.82) is 0 Å². The van der Waals surface area contributed by atoms with Crippen molar-refractivity contribution < 1.29 is 9.53 Å². The lowest BCUT2D eigenvalue weighted by molar-refractivity contribution is -0.120. The molecule has 42 heavy (non-hydrogen) atoms. The summed E-state index contributed by atoms with van der Waals surface area (Å²) in [6.07, 6.45) is 24.0. The first-order valence-electron chi connectivity index (χ1n) is 17.0. The molecule has 0 spiro atoms. The minimum atomic E-state index is 0.0788. The van der Waals surface area contributed by atoms with E-state index in [0.29, 0.717) is 6.42 Å². The maximum absolute atomic E-state index is 12.3. The van der Waals surface area contributed by atoms with Crippen LogP contribution in [0.3, 0.4) is 0 Å². The van der Waals surface area contributed by atoms with Crippen molar-refractivity contribution in [2.45, 2.75) is 135 Å². The molecule has 0 bridgehead atoms. The Morgan fingerprint density at radius 3 is 1.98 bits per heavy atom. The van der Waals surface area contributed by atoms with Gasteiger partial charge in [-0.15, -0.1) is 0 Å². The molecule has 0 saturated carbocycles. The molecular formula is C37H57N3O2. The van der Waals surface area contributed by atoms with Crippen LogP contribution in [0.15, 0.2) is 48.5 Å². The van der Waals surface area contributed by atoms with Crippen molar-refractivity contribution in [3.8, 4) is 5.75 Å². The van der Waals surface area contributed by atoms with E-state index >= 15 is 0 Å². The van der Waals surface area contributed by atoms with E-state index in [1.165, 1.54) is 101 Å². The number of hydrogen-bond donors (Lipinski definition) is 1. The molecule has 0 atom stereocenters. The van der Waals surface area contributed by atoms with Gasteiger partial charge < -0.3 is 14.6 Å². The highest BCUT2D eigenvalue weighted by atomic mass is 16.5. The lowest BCUT2D eigenvalue weighted by Crippen LogP contribution is -2.26. The molecular weight excluding hydrogens is 518 g/mol. The van der Waals surface area contributed by atoms with E-state index in [1.807, 2.05) is 24.3 Å². The predicted molar refractivity (Wildman–Crippen MR) is 177 cm³/mol. The molecule has 0 saturated heterocycles. The highest BCUT2D eigenvalue weighted by Crippen LogP contribution is 2.20. The average molecular weight is 576 g/mol. The summed E-state index contributed by atoms with van der Waals surface area (Å²) >= 11 is 0. The number of imidazole rings is 1. The van der Waals surface area contributed by atoms with Gasteiger partial charge in [-0.2, -0.15) is 0 Å². The van der Waals surface area contributed by atoms with Crippen LogP contribution >= 0.6 is 0 Å². The lowest BCUT2D eigenvalue weighted by atomic mass is 10.0. The highest BCUT2D eigenvalue weighted by Gasteiger charge is 2.10. The van der Waals surface area contributed by atoms with Crippen molar-refractivity contribution >= 4 is 16.9 Å². The van der Waals surface area contributed by atoms with Gasteiger partial charge in [-0.05, 0) is 49.1 Å². The van der Waals surface area contributed by atoms with Crippen molar-refractivity contribution in [3.05, 3.63) is 59.9 Å². The number of fused-ring (bicyclic) bond motifs is 1. The van der Waals surface area contributed by atoms with Crippen molar-refractivity contribution in [1.82, 2.24) is 14.9 Å². The average Bonchev–Trinajstić information content (AvgIpc) is 3.36. The Bertz CT molecular complexity index is 1120. The number of rotatable bonds is 24. The number of para-hydroxylation sites is 2. The molecule has 3 aromatic rings. The van der Waals surface area contributed by atoms with Crippen LogP contribution in [0.25, 0.3) is 11.0 Å². The third kappa shape index (κ3) is 13.0. The van der Waals surface area contributed by atoms with Gasteiger partial charge in [0.25, 0.3) is 0 Å². The molecule has 1 amide bonds. The second-order valence-corrected chi connectivity index (χ2v) is 12.0. The number of nitrogens with zero attached hydrogens (tertiary/aromatic N) is 2. The standard InChI is InChI=1S/C37H57N3O2/c1-3-4-5-6-7-8-9-10-11-12-13-14-15-21-30-40-35-23-19-18-22-34(35)39-36(40)24-17-16-20-29-38-37(41)31-32-25-27-33(42-2)28-26-32/h18-19,22-23,25-28H,3-17,20-21,24,29-31H2,1-2H3,(H,38,41). The summed E-state index contributed by atoms with van der Waals surface area (Å²) in [7, 11) is 1.65. The first-order chi connectivity index (χ1) is 20.7. The minimum Gasteiger partial charge on any atom is -0.497 e. The molecule has 0 aliphatic carbocycles. The third-order valence-electron chi connectivity index (χ3n) is 8.39. The highest BCUT2D eigenvalue weighted by molar-refractivity contribution is 5.78. The maximum Gasteiger partial charge on any atom is 0.224 e. The van der Waals surface area contributed by atoms with Crippen LogP contribution in [0.1, 0.15) is 127 Å². The molecule has 5 heteroatoms. The molecule has 5 nitrogen and oxygen atoms in total. The van der Waals surface area contributed by atoms with Crippen LogP contribution in [0.4, 0.5) is 0 Å². The number of aromatic nitrogens is 2. The van der Waals surface area contributed by atoms with E-state index in [4.69, 9.17) is 9.72 Å². The SMILES string of the molecule is CCCCCCCCCCCCCCCCn1c(CCCCCNC(=O)Cc2ccc(OC)cc2)nc2ccccc21. The Balaban J connectivity index is 1.27. The Hall–Kier alpha value is -2.82. The number of methoxy groups -OCH3 is 1. The summed E-state index contributed by atoms with van der Waals surface area (Å²) < 4.78 is 7.65. The number of aryl methyl sites for hydroxylation is 2. The molecule has 1 N–H and O–H groups in total. The van der Waals surface area contributed by atoms with Gasteiger partial charge in [0.05, 0.1) is 24.6 Å². The Morgan fingerprint density at radius 1 is 0.738 bits per heavy atom. The van der Waals surface area contributed by atoms with Crippen LogP contribution in [0, 0.1) is 0 Å². The van der Waals surface area contributed by atoms with Gasteiger partial charge in [-0.3, -0.25) is 4.79 Å². The topological polar surface area (TPSA) is 56.2 Å². The Morgan fingerprint density at radius 2 is 1.33 bits per heavy atom. The van der Waals surface area contributed by atoms with Crippen LogP contribution in [0.2, 0.25) is 0 Å². The summed E-state index contributed by atoms with van der Waals surface area (Å²) in [6, 6.07) is 16.3. The first-order valence-corrected chi connectivity index (χ1v) is 17.0. The zero-order valence-corrected chi connectivity index (χ0v) is 26.7. The second-order valence-electron chi connectivity index (χ2n) is 12.0. The largest absolute Gasteiger partial charge is 0.497 e. The second kappa shape index (κ2) is 21.0. The van der Waals surface area contributed by atoms with Crippen LogP contribution in [-0.4, -0.2) is 29.1 Å². The van der Waals surface area contributed by atoms with E-state index < -0.39 is 0 Å². The third-order valence-corrected chi connectivity index (χ3v) is 8.39. The number of ether oxygens (including phenoxy) is 1. The molecule has 232 valence electrons. The maximum atomic E-state index is 12.3. The summed E-state index contributed by atoms with van der Waals surface area (Å²) in [5, 5.41) is 3.07. The van der Waals surface area contributed by atoms with Gasteiger partial charge in [0, 0.05) is 19.5 Å². The molecule has 1 aromatic heterocycles. The van der Waals surface area contributed by atoms with Crippen LogP contribution in [0.5, 0.6) is 5.75 Å². The fraction of sp³-hybridized carbons (Fsp3) is 0.622. The fourth-order valence-electron chi connectivity index (χ4n) is 5.83. The number of carbonyl (C=O) groups excluding carboxylic acids is 1. The quantitative estimate of drug-likeness (QED) is 0.108. The monoisotopic (exact) mass is 575 g/mol. The van der Waals surface area contributed by atoms with Gasteiger partial charge in [-0.1, -0.05) is 121 Å². The van der Waals surface area contributed by atoms with Crippen LogP contribution in [-0.2, 0) is 24.2 Å². The summed E-state index contributed by atoms with van der Waals surface area (Å²) in [5.74, 6) is 2.11. The zero-order valence-electron chi connectivity index (χ0n) is 26.7. The van der Waals surface area contributed by atoms with Gasteiger partial charge >= 0.3 is 0 Å². The smallest absolute Gasteiger partial charge is 0.224 e.